The SMILES string of the molecule is O=C(Cn1ccc(=O)[nH]c1=O)N1CCC(c2nnc3n2CCC3)CC1. The normalized spacial score (nSPS) is 17.7. The third kappa shape index (κ3) is 3.01. The maximum Gasteiger partial charge on any atom is 0.328 e. The average Bonchev–Trinajstić information content (AvgIpc) is 3.21. The van der Waals surface area contributed by atoms with E-state index in [9.17, 15) is 14.4 Å². The van der Waals surface area contributed by atoms with E-state index in [1.54, 1.807) is 4.90 Å². The number of nitrogens with one attached hydrogen (secondary N) is 1. The summed E-state index contributed by atoms with van der Waals surface area (Å²) in [5.41, 5.74) is -1.02. The summed E-state index contributed by atoms with van der Waals surface area (Å²) in [5, 5.41) is 8.61. The van der Waals surface area contributed by atoms with Gasteiger partial charge in [0.25, 0.3) is 5.56 Å². The van der Waals surface area contributed by atoms with Gasteiger partial charge in [-0.15, -0.1) is 10.2 Å². The number of carbonyl (C=O) groups is 1. The summed E-state index contributed by atoms with van der Waals surface area (Å²) in [6.45, 7) is 2.22. The van der Waals surface area contributed by atoms with Crippen molar-refractivity contribution in [3.8, 4) is 0 Å². The molecule has 1 amide bonds. The molecule has 0 atom stereocenters. The van der Waals surface area contributed by atoms with Gasteiger partial charge in [0.1, 0.15) is 18.2 Å². The number of likely N-dealkylation sites (tertiary alicyclic amines) is 1. The Labute approximate surface area is 143 Å². The number of nitrogens with zero attached hydrogens (tertiary/aromatic N) is 5. The number of hydrogen-bond acceptors (Lipinski definition) is 5. The smallest absolute Gasteiger partial charge is 0.328 e. The number of aromatic nitrogens is 5. The maximum atomic E-state index is 12.4. The van der Waals surface area contributed by atoms with Gasteiger partial charge >= 0.3 is 5.69 Å². The highest BCUT2D eigenvalue weighted by atomic mass is 16.2. The summed E-state index contributed by atoms with van der Waals surface area (Å²) < 4.78 is 3.45. The lowest BCUT2D eigenvalue weighted by Crippen LogP contribution is -2.42. The molecule has 2 aromatic rings. The zero-order valence-corrected chi connectivity index (χ0v) is 13.8. The van der Waals surface area contributed by atoms with Crippen molar-refractivity contribution in [1.82, 2.24) is 29.2 Å². The van der Waals surface area contributed by atoms with E-state index in [0.29, 0.717) is 19.0 Å². The fourth-order valence-corrected chi connectivity index (χ4v) is 3.68. The van der Waals surface area contributed by atoms with Crippen LogP contribution >= 0.6 is 0 Å². The maximum absolute atomic E-state index is 12.4. The molecule has 0 aromatic carbocycles. The largest absolute Gasteiger partial charge is 0.341 e. The van der Waals surface area contributed by atoms with Gasteiger partial charge in [0.15, 0.2) is 0 Å². The van der Waals surface area contributed by atoms with Crippen LogP contribution in [0.2, 0.25) is 0 Å². The van der Waals surface area contributed by atoms with Crippen LogP contribution in [0.3, 0.4) is 0 Å². The summed E-state index contributed by atoms with van der Waals surface area (Å²) in [4.78, 5) is 39.1. The minimum absolute atomic E-state index is 0.0549. The molecule has 0 spiro atoms. The molecule has 25 heavy (non-hydrogen) atoms. The molecule has 0 saturated carbocycles. The lowest BCUT2D eigenvalue weighted by atomic mass is 9.96. The molecule has 0 radical (unpaired) electrons. The summed E-state index contributed by atoms with van der Waals surface area (Å²) in [6.07, 6.45) is 5.18. The van der Waals surface area contributed by atoms with E-state index in [0.717, 1.165) is 43.9 Å². The number of piperidine rings is 1. The Morgan fingerprint density at radius 1 is 1.20 bits per heavy atom. The van der Waals surface area contributed by atoms with Crippen LogP contribution in [0.15, 0.2) is 21.9 Å². The lowest BCUT2D eigenvalue weighted by Gasteiger charge is -2.31. The summed E-state index contributed by atoms with van der Waals surface area (Å²) in [6, 6.07) is 1.24. The molecule has 2 aliphatic heterocycles. The third-order valence-corrected chi connectivity index (χ3v) is 5.05. The Balaban J connectivity index is 1.39. The van der Waals surface area contributed by atoms with Crippen LogP contribution in [0.25, 0.3) is 0 Å². The van der Waals surface area contributed by atoms with Gasteiger partial charge in [-0.2, -0.15) is 0 Å². The standard InChI is InChI=1S/C16H20N6O3/c23-13-5-9-21(16(25)17-13)10-14(24)20-7-3-11(4-8-20)15-19-18-12-2-1-6-22(12)15/h5,9,11H,1-4,6-8,10H2,(H,17,23,25). The van der Waals surface area contributed by atoms with Crippen LogP contribution in [-0.4, -0.2) is 48.2 Å². The Morgan fingerprint density at radius 2 is 2.00 bits per heavy atom. The third-order valence-electron chi connectivity index (χ3n) is 5.05. The second-order valence-electron chi connectivity index (χ2n) is 6.62. The van der Waals surface area contributed by atoms with Crippen molar-refractivity contribution in [3.63, 3.8) is 0 Å². The number of fused-ring (bicyclic) bond motifs is 1. The molecule has 4 heterocycles. The van der Waals surface area contributed by atoms with Gasteiger partial charge in [0.05, 0.1) is 0 Å². The molecule has 2 aromatic heterocycles. The monoisotopic (exact) mass is 344 g/mol. The van der Waals surface area contributed by atoms with E-state index in [4.69, 9.17) is 0 Å². The first-order valence-electron chi connectivity index (χ1n) is 8.61. The molecule has 0 aliphatic carbocycles. The van der Waals surface area contributed by atoms with Crippen molar-refractivity contribution in [3.05, 3.63) is 44.8 Å². The highest BCUT2D eigenvalue weighted by Gasteiger charge is 2.29. The molecule has 0 unspecified atom stereocenters. The van der Waals surface area contributed by atoms with Crippen molar-refractivity contribution >= 4 is 5.91 Å². The Kier molecular flexibility index (Phi) is 3.98. The van der Waals surface area contributed by atoms with Crippen LogP contribution in [0.5, 0.6) is 0 Å². The highest BCUT2D eigenvalue weighted by molar-refractivity contribution is 5.76. The molecule has 2 aliphatic rings. The summed E-state index contributed by atoms with van der Waals surface area (Å²) in [5.74, 6) is 2.35. The van der Waals surface area contributed by atoms with Crippen LogP contribution in [0, 0.1) is 0 Å². The van der Waals surface area contributed by atoms with Crippen molar-refractivity contribution in [1.29, 1.82) is 0 Å². The molecular formula is C16H20N6O3. The van der Waals surface area contributed by atoms with Gasteiger partial charge in [0.2, 0.25) is 5.91 Å². The number of amides is 1. The quantitative estimate of drug-likeness (QED) is 0.806. The van der Waals surface area contributed by atoms with Crippen LogP contribution in [0.1, 0.15) is 36.8 Å². The number of aromatic amines is 1. The average molecular weight is 344 g/mol. The summed E-state index contributed by atoms with van der Waals surface area (Å²) in [7, 11) is 0. The van der Waals surface area contributed by atoms with Gasteiger partial charge in [-0.05, 0) is 19.3 Å². The fraction of sp³-hybridized carbons (Fsp3) is 0.562. The number of aryl methyl sites for hydroxylation is 1. The van der Waals surface area contributed by atoms with Crippen molar-refractivity contribution in [2.24, 2.45) is 0 Å². The van der Waals surface area contributed by atoms with E-state index in [-0.39, 0.29) is 12.5 Å². The molecule has 132 valence electrons. The van der Waals surface area contributed by atoms with Crippen molar-refractivity contribution in [2.75, 3.05) is 13.1 Å². The number of rotatable bonds is 3. The van der Waals surface area contributed by atoms with Gasteiger partial charge in [-0.3, -0.25) is 19.1 Å². The van der Waals surface area contributed by atoms with Crippen LogP contribution < -0.4 is 11.2 Å². The minimum Gasteiger partial charge on any atom is -0.341 e. The van der Waals surface area contributed by atoms with E-state index in [2.05, 4.69) is 19.7 Å². The van der Waals surface area contributed by atoms with Gasteiger partial charge < -0.3 is 9.47 Å². The van der Waals surface area contributed by atoms with Crippen molar-refractivity contribution < 1.29 is 4.79 Å². The molecule has 1 saturated heterocycles. The highest BCUT2D eigenvalue weighted by Crippen LogP contribution is 2.29. The molecular weight excluding hydrogens is 324 g/mol. The molecule has 1 N–H and O–H groups in total. The second kappa shape index (κ2) is 6.30. The predicted octanol–water partition coefficient (Wildman–Crippen LogP) is -0.519. The second-order valence-corrected chi connectivity index (χ2v) is 6.62. The molecule has 4 rings (SSSR count). The zero-order valence-electron chi connectivity index (χ0n) is 13.8. The Hall–Kier alpha value is -2.71. The van der Waals surface area contributed by atoms with E-state index >= 15 is 0 Å². The fourth-order valence-electron chi connectivity index (χ4n) is 3.68. The lowest BCUT2D eigenvalue weighted by molar-refractivity contribution is -0.133. The first kappa shape index (κ1) is 15.8. The van der Waals surface area contributed by atoms with Crippen LogP contribution in [0.4, 0.5) is 0 Å². The molecule has 0 bridgehead atoms. The Morgan fingerprint density at radius 3 is 2.76 bits per heavy atom. The molecule has 9 nitrogen and oxygen atoms in total. The van der Waals surface area contributed by atoms with Crippen LogP contribution in [-0.2, 0) is 24.3 Å². The zero-order chi connectivity index (χ0) is 17.4. The molecule has 9 heteroatoms. The van der Waals surface area contributed by atoms with Gasteiger partial charge in [-0.25, -0.2) is 4.79 Å². The molecule has 1 fully saturated rings. The van der Waals surface area contributed by atoms with Crippen molar-refractivity contribution in [2.45, 2.75) is 44.7 Å². The van der Waals surface area contributed by atoms with Gasteiger partial charge in [0, 0.05) is 44.2 Å². The Bertz CT molecular complexity index is 903. The minimum atomic E-state index is -0.560. The first-order valence-corrected chi connectivity index (χ1v) is 8.61. The number of hydrogen-bond donors (Lipinski definition) is 1. The number of carbonyl (C=O) groups excluding carboxylic acids is 1. The first-order chi connectivity index (χ1) is 12.1. The summed E-state index contributed by atoms with van der Waals surface area (Å²) >= 11 is 0. The van der Waals surface area contributed by atoms with E-state index in [1.807, 2.05) is 0 Å². The number of H-pyrrole nitrogens is 1. The van der Waals surface area contributed by atoms with E-state index < -0.39 is 11.2 Å². The predicted molar refractivity (Wildman–Crippen MR) is 88.2 cm³/mol. The van der Waals surface area contributed by atoms with Gasteiger partial charge in [-0.1, -0.05) is 0 Å². The topological polar surface area (TPSA) is 106 Å². The van der Waals surface area contributed by atoms with E-state index in [1.165, 1.54) is 16.8 Å².